The molecule has 1 aromatic heterocycles. The monoisotopic (exact) mass is 228 g/mol. The Kier molecular flexibility index (Phi) is 5.57. The summed E-state index contributed by atoms with van der Waals surface area (Å²) >= 11 is 1.64. The van der Waals surface area contributed by atoms with Crippen molar-refractivity contribution in [3.05, 3.63) is 5.01 Å². The molecule has 86 valence electrons. The van der Waals surface area contributed by atoms with Crippen LogP contribution in [-0.4, -0.2) is 35.2 Å². The number of aromatic nitrogens is 2. The van der Waals surface area contributed by atoms with Gasteiger partial charge in [0, 0.05) is 7.05 Å². The van der Waals surface area contributed by atoms with E-state index in [-0.39, 0.29) is 0 Å². The van der Waals surface area contributed by atoms with Gasteiger partial charge in [0.15, 0.2) is 0 Å². The zero-order valence-electron chi connectivity index (χ0n) is 9.79. The molecule has 0 spiro atoms. The third-order valence-corrected chi connectivity index (χ3v) is 3.24. The van der Waals surface area contributed by atoms with Crippen LogP contribution in [0.3, 0.4) is 0 Å². The molecule has 0 fully saturated rings. The molecular formula is C10H20N4S. The van der Waals surface area contributed by atoms with E-state index in [0.29, 0.717) is 0 Å². The molecule has 1 aromatic rings. The van der Waals surface area contributed by atoms with E-state index in [0.717, 1.165) is 29.8 Å². The van der Waals surface area contributed by atoms with Gasteiger partial charge in [0.1, 0.15) is 5.01 Å². The molecule has 0 saturated heterocycles. The van der Waals surface area contributed by atoms with Crippen LogP contribution in [0.1, 0.15) is 31.7 Å². The van der Waals surface area contributed by atoms with Crippen molar-refractivity contribution in [3.63, 3.8) is 0 Å². The maximum Gasteiger partial charge on any atom is 0.205 e. The molecule has 0 unspecified atom stereocenters. The van der Waals surface area contributed by atoms with Gasteiger partial charge in [0.2, 0.25) is 5.13 Å². The second-order valence-electron chi connectivity index (χ2n) is 3.47. The molecule has 1 heterocycles. The highest BCUT2D eigenvalue weighted by Gasteiger charge is 2.07. The number of hydrogen-bond donors (Lipinski definition) is 1. The highest BCUT2D eigenvalue weighted by Crippen LogP contribution is 2.16. The van der Waals surface area contributed by atoms with Gasteiger partial charge >= 0.3 is 0 Å². The Labute approximate surface area is 95.7 Å². The maximum absolute atomic E-state index is 4.15. The molecule has 0 radical (unpaired) electrons. The average molecular weight is 228 g/mol. The fraction of sp³-hybridized carbons (Fsp3) is 0.800. The Morgan fingerprint density at radius 1 is 1.33 bits per heavy atom. The van der Waals surface area contributed by atoms with Crippen LogP contribution in [-0.2, 0) is 6.54 Å². The van der Waals surface area contributed by atoms with Crippen molar-refractivity contribution in [3.8, 4) is 0 Å². The van der Waals surface area contributed by atoms with Crippen LogP contribution in [0.25, 0.3) is 0 Å². The largest absolute Gasteiger partial charge is 0.363 e. The SMILES string of the molecule is CCCCN(CC)Cc1nnc(NC)s1. The molecule has 0 aliphatic heterocycles. The maximum atomic E-state index is 4.15. The first kappa shape index (κ1) is 12.4. The molecule has 0 amide bonds. The Hall–Kier alpha value is -0.680. The first-order valence-corrected chi connectivity index (χ1v) is 6.34. The minimum Gasteiger partial charge on any atom is -0.363 e. The summed E-state index contributed by atoms with van der Waals surface area (Å²) in [4.78, 5) is 2.41. The number of nitrogens with one attached hydrogen (secondary N) is 1. The van der Waals surface area contributed by atoms with E-state index in [9.17, 15) is 0 Å². The van der Waals surface area contributed by atoms with Crippen LogP contribution in [0.2, 0.25) is 0 Å². The molecule has 0 aliphatic carbocycles. The second kappa shape index (κ2) is 6.74. The number of unbranched alkanes of at least 4 members (excludes halogenated alkanes) is 1. The van der Waals surface area contributed by atoms with Crippen molar-refractivity contribution < 1.29 is 0 Å². The number of nitrogens with zero attached hydrogens (tertiary/aromatic N) is 3. The molecule has 0 bridgehead atoms. The van der Waals surface area contributed by atoms with Gasteiger partial charge in [-0.25, -0.2) is 0 Å². The Bertz CT molecular complexity index is 274. The van der Waals surface area contributed by atoms with E-state index in [4.69, 9.17) is 0 Å². The predicted molar refractivity (Wildman–Crippen MR) is 65.3 cm³/mol. The number of hydrogen-bond acceptors (Lipinski definition) is 5. The minimum atomic E-state index is 0.900. The fourth-order valence-electron chi connectivity index (χ4n) is 1.34. The van der Waals surface area contributed by atoms with Crippen molar-refractivity contribution in [1.82, 2.24) is 15.1 Å². The van der Waals surface area contributed by atoms with Gasteiger partial charge in [-0.2, -0.15) is 0 Å². The van der Waals surface area contributed by atoms with E-state index in [2.05, 4.69) is 34.3 Å². The van der Waals surface area contributed by atoms with Crippen LogP contribution in [0.15, 0.2) is 0 Å². The molecule has 0 aromatic carbocycles. The highest BCUT2D eigenvalue weighted by molar-refractivity contribution is 7.15. The van der Waals surface area contributed by atoms with Gasteiger partial charge in [0.25, 0.3) is 0 Å². The van der Waals surface area contributed by atoms with Gasteiger partial charge in [0.05, 0.1) is 6.54 Å². The molecule has 1 N–H and O–H groups in total. The molecule has 4 nitrogen and oxygen atoms in total. The first-order valence-electron chi connectivity index (χ1n) is 5.52. The van der Waals surface area contributed by atoms with Crippen LogP contribution in [0, 0.1) is 0 Å². The normalized spacial score (nSPS) is 10.9. The lowest BCUT2D eigenvalue weighted by Gasteiger charge is -2.17. The van der Waals surface area contributed by atoms with Crippen molar-refractivity contribution >= 4 is 16.5 Å². The van der Waals surface area contributed by atoms with Crippen molar-refractivity contribution in [2.24, 2.45) is 0 Å². The third kappa shape index (κ3) is 4.13. The Balaban J connectivity index is 2.43. The summed E-state index contributed by atoms with van der Waals surface area (Å²) in [6, 6.07) is 0. The quantitative estimate of drug-likeness (QED) is 0.777. The van der Waals surface area contributed by atoms with Crippen LogP contribution >= 0.6 is 11.3 Å². The van der Waals surface area contributed by atoms with Crippen molar-refractivity contribution in [2.45, 2.75) is 33.2 Å². The van der Waals surface area contributed by atoms with E-state index < -0.39 is 0 Å². The van der Waals surface area contributed by atoms with Crippen molar-refractivity contribution in [1.29, 1.82) is 0 Å². The number of rotatable bonds is 7. The van der Waals surface area contributed by atoms with Crippen molar-refractivity contribution in [2.75, 3.05) is 25.5 Å². The van der Waals surface area contributed by atoms with E-state index >= 15 is 0 Å². The topological polar surface area (TPSA) is 41.1 Å². The molecular weight excluding hydrogens is 208 g/mol. The standard InChI is InChI=1S/C10H20N4S/c1-4-6-7-14(5-2)8-9-12-13-10(11-3)15-9/h4-8H2,1-3H3,(H,11,13). The second-order valence-corrected chi connectivity index (χ2v) is 4.54. The molecule has 0 aliphatic rings. The Morgan fingerprint density at radius 2 is 2.13 bits per heavy atom. The summed E-state index contributed by atoms with van der Waals surface area (Å²) in [6.45, 7) is 7.57. The summed E-state index contributed by atoms with van der Waals surface area (Å²) in [5, 5.41) is 13.2. The molecule has 0 atom stereocenters. The van der Waals surface area contributed by atoms with Crippen LogP contribution in [0.5, 0.6) is 0 Å². The van der Waals surface area contributed by atoms with E-state index in [1.807, 2.05) is 7.05 Å². The lowest BCUT2D eigenvalue weighted by atomic mass is 10.3. The van der Waals surface area contributed by atoms with Gasteiger partial charge in [-0.05, 0) is 19.5 Å². The summed E-state index contributed by atoms with van der Waals surface area (Å²) in [6.07, 6.45) is 2.50. The van der Waals surface area contributed by atoms with E-state index in [1.54, 1.807) is 11.3 Å². The van der Waals surface area contributed by atoms with E-state index in [1.165, 1.54) is 12.8 Å². The molecule has 15 heavy (non-hydrogen) atoms. The van der Waals surface area contributed by atoms with Crippen LogP contribution < -0.4 is 5.32 Å². The third-order valence-electron chi connectivity index (χ3n) is 2.31. The lowest BCUT2D eigenvalue weighted by Crippen LogP contribution is -2.23. The van der Waals surface area contributed by atoms with Gasteiger partial charge < -0.3 is 5.32 Å². The molecule has 0 saturated carbocycles. The summed E-state index contributed by atoms with van der Waals surface area (Å²) in [5.74, 6) is 0. The summed E-state index contributed by atoms with van der Waals surface area (Å²) < 4.78 is 0. The average Bonchev–Trinajstić information content (AvgIpc) is 2.71. The molecule has 1 rings (SSSR count). The van der Waals surface area contributed by atoms with Gasteiger partial charge in [-0.3, -0.25) is 4.90 Å². The van der Waals surface area contributed by atoms with Gasteiger partial charge in [-0.15, -0.1) is 10.2 Å². The first-order chi connectivity index (χ1) is 7.30. The number of anilines is 1. The summed E-state index contributed by atoms with van der Waals surface area (Å²) in [5.41, 5.74) is 0. The smallest absolute Gasteiger partial charge is 0.205 e. The van der Waals surface area contributed by atoms with Crippen LogP contribution in [0.4, 0.5) is 5.13 Å². The predicted octanol–water partition coefficient (Wildman–Crippen LogP) is 2.20. The lowest BCUT2D eigenvalue weighted by molar-refractivity contribution is 0.274. The van der Waals surface area contributed by atoms with Gasteiger partial charge in [-0.1, -0.05) is 31.6 Å². The zero-order valence-corrected chi connectivity index (χ0v) is 10.6. The summed E-state index contributed by atoms with van der Waals surface area (Å²) in [7, 11) is 1.87. The fourth-order valence-corrected chi connectivity index (χ4v) is 2.08. The molecule has 5 heteroatoms. The highest BCUT2D eigenvalue weighted by atomic mass is 32.1. The zero-order chi connectivity index (χ0) is 11.1. The minimum absolute atomic E-state index is 0.900. The Morgan fingerprint density at radius 3 is 2.67 bits per heavy atom.